The van der Waals surface area contributed by atoms with Gasteiger partial charge in [-0.1, -0.05) is 32.0 Å². The number of para-hydroxylation sites is 1. The molecule has 2 aromatic carbocycles. The molecule has 3 N–H and O–H groups in total. The number of fused-ring (bicyclic) bond motifs is 1. The summed E-state index contributed by atoms with van der Waals surface area (Å²) < 4.78 is 23.1. The zero-order valence-electron chi connectivity index (χ0n) is 24.1. The third kappa shape index (κ3) is 5.79. The molecule has 1 amide bonds. The number of piperidine rings is 1. The van der Waals surface area contributed by atoms with Crippen molar-refractivity contribution in [2.75, 3.05) is 18.8 Å². The molecule has 4 aromatic rings. The second-order valence-corrected chi connectivity index (χ2v) is 11.5. The van der Waals surface area contributed by atoms with Gasteiger partial charge in [-0.25, -0.2) is 19.0 Å². The van der Waals surface area contributed by atoms with Gasteiger partial charge in [-0.05, 0) is 56.0 Å². The van der Waals surface area contributed by atoms with Crippen molar-refractivity contribution in [1.29, 1.82) is 5.26 Å². The molecule has 2 aromatic heterocycles. The molecule has 1 saturated carbocycles. The summed E-state index contributed by atoms with van der Waals surface area (Å²) in [6.45, 7) is 4.96. The van der Waals surface area contributed by atoms with E-state index in [2.05, 4.69) is 35.2 Å². The smallest absolute Gasteiger partial charge is 0.264 e. The Morgan fingerprint density at radius 2 is 2.00 bits per heavy atom. The highest BCUT2D eigenvalue weighted by molar-refractivity contribution is 5.99. The van der Waals surface area contributed by atoms with Crippen LogP contribution in [0.2, 0.25) is 0 Å². The van der Waals surface area contributed by atoms with E-state index in [9.17, 15) is 10.1 Å². The summed E-state index contributed by atoms with van der Waals surface area (Å²) in [5, 5.41) is 18.6. The fourth-order valence-electron chi connectivity index (χ4n) is 5.78. The highest BCUT2D eigenvalue weighted by atomic mass is 19.1. The average molecular weight is 581 g/mol. The summed E-state index contributed by atoms with van der Waals surface area (Å²) >= 11 is 0. The van der Waals surface area contributed by atoms with E-state index in [1.54, 1.807) is 39.9 Å². The van der Waals surface area contributed by atoms with Crippen LogP contribution < -0.4 is 15.8 Å². The Hall–Kier alpha value is -4.82. The van der Waals surface area contributed by atoms with Crippen LogP contribution in [-0.4, -0.2) is 55.2 Å². The van der Waals surface area contributed by atoms with Gasteiger partial charge in [-0.3, -0.25) is 4.79 Å². The van der Waals surface area contributed by atoms with E-state index < -0.39 is 5.82 Å². The first-order chi connectivity index (χ1) is 20.8. The Balaban J connectivity index is 1.30. The van der Waals surface area contributed by atoms with Crippen molar-refractivity contribution in [2.45, 2.75) is 57.2 Å². The zero-order valence-corrected chi connectivity index (χ0v) is 24.1. The van der Waals surface area contributed by atoms with Crippen LogP contribution in [0.3, 0.4) is 0 Å². The van der Waals surface area contributed by atoms with E-state index in [4.69, 9.17) is 15.6 Å². The maximum absolute atomic E-state index is 15.6. The molecule has 1 saturated heterocycles. The largest absolute Gasteiger partial charge is 0.457 e. The van der Waals surface area contributed by atoms with Crippen LogP contribution in [0.25, 0.3) is 22.3 Å². The SMILES string of the molecule is CC(C)NC1(/C=C(\C#N)C(=O)N2CCC[C@H](n3nc(-c4ccc(Oc5ccccc5)cc4F)c4c(N)ncnc43)C2)CC1. The number of nitrogen functional groups attached to an aromatic ring is 1. The number of aromatic nitrogens is 4. The predicted octanol–water partition coefficient (Wildman–Crippen LogP) is 5.15. The predicted molar refractivity (Wildman–Crippen MR) is 160 cm³/mol. The second kappa shape index (κ2) is 11.5. The zero-order chi connectivity index (χ0) is 30.1. The summed E-state index contributed by atoms with van der Waals surface area (Å²) in [7, 11) is 0. The Morgan fingerprint density at radius 1 is 1.21 bits per heavy atom. The van der Waals surface area contributed by atoms with Crippen molar-refractivity contribution in [3.63, 3.8) is 0 Å². The first-order valence-electron chi connectivity index (χ1n) is 14.5. The molecule has 0 spiro atoms. The van der Waals surface area contributed by atoms with Crippen LogP contribution >= 0.6 is 0 Å². The highest BCUT2D eigenvalue weighted by Gasteiger charge is 2.42. The van der Waals surface area contributed by atoms with Crippen LogP contribution in [0.1, 0.15) is 45.6 Å². The molecule has 0 unspecified atom stereocenters. The van der Waals surface area contributed by atoms with Crippen LogP contribution in [0.5, 0.6) is 11.5 Å². The average Bonchev–Trinajstić information content (AvgIpc) is 3.63. The lowest BCUT2D eigenvalue weighted by Gasteiger charge is -2.33. The number of nitrogens with zero attached hydrogens (tertiary/aromatic N) is 6. The monoisotopic (exact) mass is 580 g/mol. The number of hydrogen-bond donors (Lipinski definition) is 2. The second-order valence-electron chi connectivity index (χ2n) is 11.5. The maximum atomic E-state index is 15.6. The number of benzene rings is 2. The van der Waals surface area contributed by atoms with Gasteiger partial charge in [0.25, 0.3) is 5.91 Å². The van der Waals surface area contributed by atoms with Gasteiger partial charge in [0.15, 0.2) is 5.65 Å². The lowest BCUT2D eigenvalue weighted by molar-refractivity contribution is -0.128. The minimum atomic E-state index is -0.531. The normalized spacial score (nSPS) is 18.1. The summed E-state index contributed by atoms with van der Waals surface area (Å²) in [5.41, 5.74) is 7.14. The molecule has 1 atom stereocenters. The first kappa shape index (κ1) is 28.3. The number of rotatable bonds is 8. The highest BCUT2D eigenvalue weighted by Crippen LogP contribution is 2.39. The van der Waals surface area contributed by atoms with Crippen molar-refractivity contribution < 1.29 is 13.9 Å². The molecular weight excluding hydrogens is 547 g/mol. The van der Waals surface area contributed by atoms with Gasteiger partial charge in [-0.2, -0.15) is 10.4 Å². The molecule has 0 radical (unpaired) electrons. The van der Waals surface area contributed by atoms with Gasteiger partial charge in [0.05, 0.1) is 11.4 Å². The summed E-state index contributed by atoms with van der Waals surface area (Å²) in [6, 6.07) is 15.8. The fraction of sp³-hybridized carbons (Fsp3) is 0.344. The van der Waals surface area contributed by atoms with Crippen LogP contribution in [0.4, 0.5) is 10.2 Å². The Morgan fingerprint density at radius 3 is 2.70 bits per heavy atom. The Labute approximate surface area is 249 Å². The number of amides is 1. The lowest BCUT2D eigenvalue weighted by atomic mass is 10.0. The molecule has 0 bridgehead atoms. The molecule has 1 aliphatic heterocycles. The third-order valence-electron chi connectivity index (χ3n) is 7.86. The standard InChI is InChI=1S/C32H33FN8O2/c1-20(2)38-32(12-13-32)16-21(17-34)31(42)40-14-6-7-22(18-40)41-30-27(29(35)36-19-37-30)28(39-41)25-11-10-24(15-26(25)33)43-23-8-4-3-5-9-23/h3-5,8-11,15-16,19-20,22,38H,6-7,12-14,18H2,1-2H3,(H2,35,36,37)/b21-16+/t22-/m0/s1. The molecule has 220 valence electrons. The molecule has 11 heteroatoms. The van der Waals surface area contributed by atoms with Gasteiger partial charge in [0, 0.05) is 36.3 Å². The molecule has 10 nitrogen and oxygen atoms in total. The lowest BCUT2D eigenvalue weighted by Crippen LogP contribution is -2.42. The van der Waals surface area contributed by atoms with Gasteiger partial charge >= 0.3 is 0 Å². The molecule has 3 heterocycles. The van der Waals surface area contributed by atoms with Crippen molar-refractivity contribution in [2.24, 2.45) is 0 Å². The Bertz CT molecular complexity index is 1740. The van der Waals surface area contributed by atoms with Crippen molar-refractivity contribution in [3.05, 3.63) is 72.3 Å². The van der Waals surface area contributed by atoms with E-state index in [0.717, 1.165) is 19.3 Å². The maximum Gasteiger partial charge on any atom is 0.264 e. The quantitative estimate of drug-likeness (QED) is 0.216. The topological polar surface area (TPSA) is 135 Å². The molecular formula is C32H33FN8O2. The van der Waals surface area contributed by atoms with E-state index >= 15 is 4.39 Å². The fourth-order valence-corrected chi connectivity index (χ4v) is 5.78. The number of ether oxygens (including phenoxy) is 1. The first-order valence-corrected chi connectivity index (χ1v) is 14.5. The minimum Gasteiger partial charge on any atom is -0.457 e. The number of anilines is 1. The molecule has 43 heavy (non-hydrogen) atoms. The minimum absolute atomic E-state index is 0.142. The summed E-state index contributed by atoms with van der Waals surface area (Å²) in [6.07, 6.45) is 6.37. The van der Waals surface area contributed by atoms with E-state index in [-0.39, 0.29) is 40.5 Å². The van der Waals surface area contributed by atoms with Gasteiger partial charge in [0.2, 0.25) is 0 Å². The van der Waals surface area contributed by atoms with Gasteiger partial charge < -0.3 is 20.7 Å². The van der Waals surface area contributed by atoms with E-state index in [0.29, 0.717) is 47.7 Å². The molecule has 1 aliphatic carbocycles. The number of nitriles is 1. The number of halogens is 1. The van der Waals surface area contributed by atoms with Gasteiger partial charge in [-0.15, -0.1) is 0 Å². The van der Waals surface area contributed by atoms with E-state index in [1.165, 1.54) is 12.4 Å². The number of carbonyl (C=O) groups excluding carboxylic acids is 1. The van der Waals surface area contributed by atoms with Crippen molar-refractivity contribution in [1.82, 2.24) is 30.0 Å². The molecule has 2 fully saturated rings. The van der Waals surface area contributed by atoms with Crippen LogP contribution in [-0.2, 0) is 4.79 Å². The molecule has 6 rings (SSSR count). The number of nitrogens with one attached hydrogen (secondary N) is 1. The summed E-state index contributed by atoms with van der Waals surface area (Å²) in [5.74, 6) is 0.295. The number of hydrogen-bond acceptors (Lipinski definition) is 8. The number of nitrogens with two attached hydrogens (primary N) is 1. The van der Waals surface area contributed by atoms with E-state index in [1.807, 2.05) is 18.2 Å². The Kier molecular flexibility index (Phi) is 7.54. The molecule has 2 aliphatic rings. The van der Waals surface area contributed by atoms with Crippen molar-refractivity contribution in [3.8, 4) is 28.8 Å². The van der Waals surface area contributed by atoms with Gasteiger partial charge in [0.1, 0.15) is 46.8 Å². The third-order valence-corrected chi connectivity index (χ3v) is 7.86. The number of likely N-dealkylation sites (tertiary alicyclic amines) is 1. The van der Waals surface area contributed by atoms with Crippen LogP contribution in [0.15, 0.2) is 66.5 Å². The van der Waals surface area contributed by atoms with Crippen molar-refractivity contribution >= 4 is 22.8 Å². The van der Waals surface area contributed by atoms with Crippen LogP contribution in [0, 0.1) is 17.1 Å². The summed E-state index contributed by atoms with van der Waals surface area (Å²) in [4.78, 5) is 23.8. The number of carbonyl (C=O) groups is 1.